The van der Waals surface area contributed by atoms with Gasteiger partial charge in [0, 0.05) is 11.6 Å². The molecule has 2 aromatic carbocycles. The zero-order chi connectivity index (χ0) is 12.4. The van der Waals surface area contributed by atoms with E-state index >= 15 is 0 Å². The summed E-state index contributed by atoms with van der Waals surface area (Å²) in [4.78, 5) is 10.1. The van der Waals surface area contributed by atoms with Gasteiger partial charge in [-0.1, -0.05) is 30.3 Å². The monoisotopic (exact) mass is 229 g/mol. The number of hydrogen-bond acceptors (Lipinski definition) is 3. The Morgan fingerprint density at radius 2 is 1.82 bits per heavy atom. The molecule has 2 rings (SSSR count). The van der Waals surface area contributed by atoms with Crippen molar-refractivity contribution in [2.45, 2.75) is 6.92 Å². The van der Waals surface area contributed by atoms with Crippen LogP contribution in [0.3, 0.4) is 0 Å². The molecule has 4 heteroatoms. The lowest BCUT2D eigenvalue weighted by Crippen LogP contribution is -1.91. The molecule has 86 valence electrons. The lowest BCUT2D eigenvalue weighted by atomic mass is 9.99. The molecule has 0 aliphatic rings. The van der Waals surface area contributed by atoms with Gasteiger partial charge in [-0.25, -0.2) is 0 Å². The molecule has 0 aromatic heterocycles. The number of nitro benzene ring substituents is 1. The molecule has 0 amide bonds. The Morgan fingerprint density at radius 1 is 1.18 bits per heavy atom. The highest BCUT2D eigenvalue weighted by molar-refractivity contribution is 5.75. The number of nitrogens with zero attached hydrogens (tertiary/aromatic N) is 1. The molecule has 0 aliphatic heterocycles. The van der Waals surface area contributed by atoms with Crippen LogP contribution in [0, 0.1) is 17.0 Å². The number of aryl methyl sites for hydroxylation is 1. The van der Waals surface area contributed by atoms with E-state index < -0.39 is 4.92 Å². The van der Waals surface area contributed by atoms with Crippen LogP contribution < -0.4 is 0 Å². The van der Waals surface area contributed by atoms with Gasteiger partial charge in [-0.15, -0.1) is 0 Å². The first-order valence-corrected chi connectivity index (χ1v) is 5.13. The number of phenolic OH excluding ortho intramolecular Hbond substituents is 1. The Labute approximate surface area is 98.3 Å². The molecule has 0 saturated heterocycles. The molecular formula is C13H11NO3. The number of hydrogen-bond donors (Lipinski definition) is 1. The van der Waals surface area contributed by atoms with Gasteiger partial charge in [-0.05, 0) is 18.1 Å². The van der Waals surface area contributed by atoms with E-state index in [2.05, 4.69) is 0 Å². The maximum Gasteiger partial charge on any atom is 0.273 e. The van der Waals surface area contributed by atoms with E-state index in [1.165, 1.54) is 12.1 Å². The Balaban J connectivity index is 2.61. The number of nitro groups is 1. The van der Waals surface area contributed by atoms with E-state index in [1.54, 1.807) is 6.92 Å². The Kier molecular flexibility index (Phi) is 2.78. The van der Waals surface area contributed by atoms with Crippen LogP contribution in [-0.4, -0.2) is 10.0 Å². The smallest absolute Gasteiger partial charge is 0.273 e. The molecule has 0 radical (unpaired) electrons. The minimum Gasteiger partial charge on any atom is -0.507 e. The maximum atomic E-state index is 10.6. The van der Waals surface area contributed by atoms with Crippen molar-refractivity contribution in [3.63, 3.8) is 0 Å². The van der Waals surface area contributed by atoms with Gasteiger partial charge in [-0.2, -0.15) is 0 Å². The van der Waals surface area contributed by atoms with Crippen molar-refractivity contribution < 1.29 is 10.0 Å². The van der Waals surface area contributed by atoms with Gasteiger partial charge >= 0.3 is 0 Å². The molecule has 0 heterocycles. The first kappa shape index (κ1) is 11.1. The van der Waals surface area contributed by atoms with Crippen LogP contribution in [0.5, 0.6) is 5.75 Å². The van der Waals surface area contributed by atoms with Crippen molar-refractivity contribution in [3.8, 4) is 16.9 Å². The van der Waals surface area contributed by atoms with Crippen molar-refractivity contribution >= 4 is 5.69 Å². The number of benzene rings is 2. The summed E-state index contributed by atoms with van der Waals surface area (Å²) in [6, 6.07) is 11.9. The van der Waals surface area contributed by atoms with Gasteiger partial charge in [0.2, 0.25) is 0 Å². The minimum absolute atomic E-state index is 0.0668. The molecule has 0 saturated carbocycles. The number of non-ortho nitro benzene ring substituents is 1. The van der Waals surface area contributed by atoms with E-state index in [0.29, 0.717) is 11.1 Å². The van der Waals surface area contributed by atoms with Crippen LogP contribution in [0.1, 0.15) is 5.56 Å². The Bertz CT molecular complexity index is 541. The molecule has 0 spiro atoms. The van der Waals surface area contributed by atoms with Crippen LogP contribution in [0.4, 0.5) is 5.69 Å². The van der Waals surface area contributed by atoms with E-state index in [4.69, 9.17) is 0 Å². The third-order valence-corrected chi connectivity index (χ3v) is 2.57. The predicted octanol–water partition coefficient (Wildman–Crippen LogP) is 3.28. The van der Waals surface area contributed by atoms with Gasteiger partial charge in [0.05, 0.1) is 11.0 Å². The highest BCUT2D eigenvalue weighted by Gasteiger charge is 2.14. The molecule has 2 aromatic rings. The van der Waals surface area contributed by atoms with Crippen molar-refractivity contribution in [1.82, 2.24) is 0 Å². The van der Waals surface area contributed by atoms with Crippen LogP contribution >= 0.6 is 0 Å². The third kappa shape index (κ3) is 2.10. The van der Waals surface area contributed by atoms with Crippen molar-refractivity contribution in [1.29, 1.82) is 0 Å². The highest BCUT2D eigenvalue weighted by Crippen LogP contribution is 2.35. The molecule has 0 bridgehead atoms. The molecule has 0 fully saturated rings. The summed E-state index contributed by atoms with van der Waals surface area (Å²) in [6.45, 7) is 1.75. The predicted molar refractivity (Wildman–Crippen MR) is 64.9 cm³/mol. The average molecular weight is 229 g/mol. The topological polar surface area (TPSA) is 63.4 Å². The molecule has 1 N–H and O–H groups in total. The summed E-state index contributed by atoms with van der Waals surface area (Å²) in [5, 5.41) is 20.5. The number of phenols is 1. The van der Waals surface area contributed by atoms with Crippen LogP contribution in [0.15, 0.2) is 42.5 Å². The summed E-state index contributed by atoms with van der Waals surface area (Å²) < 4.78 is 0. The number of aromatic hydroxyl groups is 1. The SMILES string of the molecule is Cc1cc([N+](=O)[O-])cc(O)c1-c1ccccc1. The van der Waals surface area contributed by atoms with Crippen LogP contribution in [0.2, 0.25) is 0 Å². The average Bonchev–Trinajstić information content (AvgIpc) is 2.29. The molecule has 4 nitrogen and oxygen atoms in total. The van der Waals surface area contributed by atoms with E-state index in [1.807, 2.05) is 30.3 Å². The second kappa shape index (κ2) is 4.25. The Morgan fingerprint density at radius 3 is 2.35 bits per heavy atom. The van der Waals surface area contributed by atoms with Gasteiger partial charge < -0.3 is 5.11 Å². The zero-order valence-electron chi connectivity index (χ0n) is 9.25. The van der Waals surface area contributed by atoms with Crippen molar-refractivity contribution in [2.24, 2.45) is 0 Å². The highest BCUT2D eigenvalue weighted by atomic mass is 16.6. The van der Waals surface area contributed by atoms with Gasteiger partial charge in [-0.3, -0.25) is 10.1 Å². The molecule has 0 aliphatic carbocycles. The van der Waals surface area contributed by atoms with Gasteiger partial charge in [0.25, 0.3) is 5.69 Å². The largest absolute Gasteiger partial charge is 0.507 e. The summed E-state index contributed by atoms with van der Waals surface area (Å²) in [5.41, 5.74) is 2.07. The van der Waals surface area contributed by atoms with Gasteiger partial charge in [0.15, 0.2) is 0 Å². The first-order valence-electron chi connectivity index (χ1n) is 5.13. The fourth-order valence-corrected chi connectivity index (χ4v) is 1.84. The summed E-state index contributed by atoms with van der Waals surface area (Å²) in [6.07, 6.45) is 0. The normalized spacial score (nSPS) is 10.2. The van der Waals surface area contributed by atoms with Crippen molar-refractivity contribution in [2.75, 3.05) is 0 Å². The second-order valence-electron chi connectivity index (χ2n) is 3.78. The van der Waals surface area contributed by atoms with Crippen LogP contribution in [-0.2, 0) is 0 Å². The fraction of sp³-hybridized carbons (Fsp3) is 0.0769. The number of rotatable bonds is 2. The summed E-state index contributed by atoms with van der Waals surface area (Å²) in [5.74, 6) is -0.0668. The first-order chi connectivity index (χ1) is 8.09. The summed E-state index contributed by atoms with van der Waals surface area (Å²) >= 11 is 0. The van der Waals surface area contributed by atoms with E-state index in [0.717, 1.165) is 5.56 Å². The fourth-order valence-electron chi connectivity index (χ4n) is 1.84. The zero-order valence-corrected chi connectivity index (χ0v) is 9.25. The summed E-state index contributed by atoms with van der Waals surface area (Å²) in [7, 11) is 0. The third-order valence-electron chi connectivity index (χ3n) is 2.57. The molecule has 0 unspecified atom stereocenters. The minimum atomic E-state index is -0.512. The van der Waals surface area contributed by atoms with E-state index in [9.17, 15) is 15.2 Å². The van der Waals surface area contributed by atoms with Crippen LogP contribution in [0.25, 0.3) is 11.1 Å². The molecular weight excluding hydrogens is 218 g/mol. The van der Waals surface area contributed by atoms with Gasteiger partial charge in [0.1, 0.15) is 5.75 Å². The second-order valence-corrected chi connectivity index (χ2v) is 3.78. The van der Waals surface area contributed by atoms with Crippen molar-refractivity contribution in [3.05, 3.63) is 58.1 Å². The standard InChI is InChI=1S/C13H11NO3/c1-9-7-11(14(16)17)8-12(15)13(9)10-5-3-2-4-6-10/h2-8,15H,1H3. The lowest BCUT2D eigenvalue weighted by molar-refractivity contribution is -0.385. The quantitative estimate of drug-likeness (QED) is 0.634. The lowest BCUT2D eigenvalue weighted by Gasteiger charge is -2.08. The molecule has 0 atom stereocenters. The molecule has 17 heavy (non-hydrogen) atoms. The maximum absolute atomic E-state index is 10.6. The van der Waals surface area contributed by atoms with E-state index in [-0.39, 0.29) is 11.4 Å². The Hall–Kier alpha value is -2.36.